The van der Waals surface area contributed by atoms with E-state index in [0.29, 0.717) is 18.1 Å². The van der Waals surface area contributed by atoms with Crippen LogP contribution in [0.25, 0.3) is 0 Å². The van der Waals surface area contributed by atoms with Crippen LogP contribution in [0.1, 0.15) is 32.4 Å². The summed E-state index contributed by atoms with van der Waals surface area (Å²) in [6.07, 6.45) is 0. The highest BCUT2D eigenvalue weighted by atomic mass is 79.9. The van der Waals surface area contributed by atoms with Crippen LogP contribution in [0.2, 0.25) is 0 Å². The predicted octanol–water partition coefficient (Wildman–Crippen LogP) is 3.83. The van der Waals surface area contributed by atoms with Crippen molar-refractivity contribution < 1.29 is 9.23 Å². The minimum absolute atomic E-state index is 0.160. The van der Waals surface area contributed by atoms with Gasteiger partial charge in [-0.15, -0.1) is 0 Å². The Morgan fingerprint density at radius 1 is 1.38 bits per heavy atom. The van der Waals surface area contributed by atoms with Crippen LogP contribution in [0.4, 0.5) is 4.39 Å². The van der Waals surface area contributed by atoms with Gasteiger partial charge in [0.2, 0.25) is 0 Å². The number of benzene rings is 1. The molecule has 4 heteroatoms. The molecule has 0 aromatic heterocycles. The zero-order valence-electron chi connectivity index (χ0n) is 9.76. The molecule has 2 nitrogen and oxygen atoms in total. The summed E-state index contributed by atoms with van der Waals surface area (Å²) in [4.78, 5) is 5.27. The zero-order chi connectivity index (χ0) is 12.1. The molecule has 1 unspecified atom stereocenters. The van der Waals surface area contributed by atoms with Crippen LogP contribution >= 0.6 is 15.9 Å². The van der Waals surface area contributed by atoms with E-state index in [2.05, 4.69) is 35.3 Å². The van der Waals surface area contributed by atoms with Gasteiger partial charge in [0.05, 0.1) is 12.6 Å². The van der Waals surface area contributed by atoms with Crippen molar-refractivity contribution in [2.24, 2.45) is 5.92 Å². The molecule has 1 atom stereocenters. The Balaban J connectivity index is 2.55. The highest BCUT2D eigenvalue weighted by Crippen LogP contribution is 2.20. The molecule has 0 aliphatic rings. The molecular formula is C12H17BrFNO. The SMILES string of the molecule is CC(C)CONC(C)c1ccc(Br)cc1F. The lowest BCUT2D eigenvalue weighted by atomic mass is 10.1. The van der Waals surface area contributed by atoms with Crippen LogP contribution in [0.15, 0.2) is 22.7 Å². The highest BCUT2D eigenvalue weighted by molar-refractivity contribution is 9.10. The molecule has 1 N–H and O–H groups in total. The number of hydrogen-bond donors (Lipinski definition) is 1. The molecule has 0 aliphatic heterocycles. The summed E-state index contributed by atoms with van der Waals surface area (Å²) in [6.45, 7) is 6.61. The first-order valence-electron chi connectivity index (χ1n) is 5.33. The average Bonchev–Trinajstić information content (AvgIpc) is 2.16. The second kappa shape index (κ2) is 6.33. The quantitative estimate of drug-likeness (QED) is 0.832. The molecule has 0 radical (unpaired) electrons. The smallest absolute Gasteiger partial charge is 0.129 e. The Morgan fingerprint density at radius 3 is 2.62 bits per heavy atom. The molecule has 0 bridgehead atoms. The Hall–Kier alpha value is -0.450. The van der Waals surface area contributed by atoms with Crippen molar-refractivity contribution in [3.63, 3.8) is 0 Å². The number of halogens is 2. The molecule has 0 fully saturated rings. The normalized spacial score (nSPS) is 13.1. The number of hydrogen-bond acceptors (Lipinski definition) is 2. The van der Waals surface area contributed by atoms with Gasteiger partial charge in [0.15, 0.2) is 0 Å². The zero-order valence-corrected chi connectivity index (χ0v) is 11.3. The van der Waals surface area contributed by atoms with Gasteiger partial charge >= 0.3 is 0 Å². The summed E-state index contributed by atoms with van der Waals surface area (Å²) in [7, 11) is 0. The monoisotopic (exact) mass is 289 g/mol. The van der Waals surface area contributed by atoms with Crippen LogP contribution in [0.3, 0.4) is 0 Å². The molecule has 0 aliphatic carbocycles. The third-order valence-corrected chi connectivity index (χ3v) is 2.60. The lowest BCUT2D eigenvalue weighted by Crippen LogP contribution is -2.22. The van der Waals surface area contributed by atoms with Gasteiger partial charge in [-0.3, -0.25) is 0 Å². The molecule has 16 heavy (non-hydrogen) atoms. The third kappa shape index (κ3) is 4.20. The maximum Gasteiger partial charge on any atom is 0.129 e. The topological polar surface area (TPSA) is 21.3 Å². The number of rotatable bonds is 5. The second-order valence-corrected chi connectivity index (χ2v) is 5.13. The maximum atomic E-state index is 13.6. The Labute approximate surface area is 104 Å². The summed E-state index contributed by atoms with van der Waals surface area (Å²) >= 11 is 3.23. The van der Waals surface area contributed by atoms with Crippen LogP contribution in [-0.4, -0.2) is 6.61 Å². The van der Waals surface area contributed by atoms with Gasteiger partial charge in [-0.2, -0.15) is 5.48 Å². The minimum atomic E-state index is -0.234. The Kier molecular flexibility index (Phi) is 5.38. The fraction of sp³-hybridized carbons (Fsp3) is 0.500. The summed E-state index contributed by atoms with van der Waals surface area (Å²) in [6, 6.07) is 4.86. The van der Waals surface area contributed by atoms with Crippen molar-refractivity contribution in [3.8, 4) is 0 Å². The van der Waals surface area contributed by atoms with Crippen molar-refractivity contribution in [2.45, 2.75) is 26.8 Å². The second-order valence-electron chi connectivity index (χ2n) is 4.21. The van der Waals surface area contributed by atoms with Gasteiger partial charge < -0.3 is 4.84 Å². The lowest BCUT2D eigenvalue weighted by molar-refractivity contribution is 0.00344. The highest BCUT2D eigenvalue weighted by Gasteiger charge is 2.11. The van der Waals surface area contributed by atoms with Crippen LogP contribution in [-0.2, 0) is 4.84 Å². The van der Waals surface area contributed by atoms with Crippen LogP contribution in [0.5, 0.6) is 0 Å². The third-order valence-electron chi connectivity index (χ3n) is 2.11. The van der Waals surface area contributed by atoms with Gasteiger partial charge in [0.25, 0.3) is 0 Å². The van der Waals surface area contributed by atoms with E-state index < -0.39 is 0 Å². The van der Waals surface area contributed by atoms with Gasteiger partial charge in [-0.25, -0.2) is 4.39 Å². The Morgan fingerprint density at radius 2 is 2.06 bits per heavy atom. The molecule has 1 aromatic carbocycles. The van der Waals surface area contributed by atoms with Gasteiger partial charge in [0.1, 0.15) is 5.82 Å². The molecule has 0 heterocycles. The van der Waals surface area contributed by atoms with Crippen molar-refractivity contribution in [3.05, 3.63) is 34.1 Å². The van der Waals surface area contributed by atoms with Crippen molar-refractivity contribution >= 4 is 15.9 Å². The molecule has 0 spiro atoms. The van der Waals surface area contributed by atoms with Crippen molar-refractivity contribution in [1.82, 2.24) is 5.48 Å². The van der Waals surface area contributed by atoms with E-state index in [1.165, 1.54) is 6.07 Å². The van der Waals surface area contributed by atoms with E-state index in [9.17, 15) is 4.39 Å². The number of nitrogens with one attached hydrogen (secondary N) is 1. The van der Waals surface area contributed by atoms with Crippen LogP contribution in [0, 0.1) is 11.7 Å². The van der Waals surface area contributed by atoms with Crippen molar-refractivity contribution in [2.75, 3.05) is 6.61 Å². The molecule has 0 amide bonds. The van der Waals surface area contributed by atoms with Crippen LogP contribution < -0.4 is 5.48 Å². The molecule has 0 saturated carbocycles. The molecule has 0 saturated heterocycles. The van der Waals surface area contributed by atoms with Gasteiger partial charge in [0, 0.05) is 10.0 Å². The average molecular weight is 290 g/mol. The summed E-state index contributed by atoms with van der Waals surface area (Å²) in [5.74, 6) is 0.219. The van der Waals surface area contributed by atoms with E-state index in [-0.39, 0.29) is 11.9 Å². The number of hydroxylamine groups is 1. The first-order valence-corrected chi connectivity index (χ1v) is 6.12. The molecule has 1 aromatic rings. The standard InChI is InChI=1S/C12H17BrFNO/c1-8(2)7-16-15-9(3)11-5-4-10(13)6-12(11)14/h4-6,8-9,15H,7H2,1-3H3. The summed E-state index contributed by atoms with van der Waals surface area (Å²) < 4.78 is 14.3. The van der Waals surface area contributed by atoms with E-state index in [4.69, 9.17) is 4.84 Å². The first-order chi connectivity index (χ1) is 7.50. The fourth-order valence-corrected chi connectivity index (χ4v) is 1.59. The van der Waals surface area contributed by atoms with E-state index in [0.717, 1.165) is 4.47 Å². The first kappa shape index (κ1) is 13.6. The van der Waals surface area contributed by atoms with E-state index in [1.54, 1.807) is 6.07 Å². The van der Waals surface area contributed by atoms with Gasteiger partial charge in [-0.1, -0.05) is 35.8 Å². The maximum absolute atomic E-state index is 13.6. The summed E-state index contributed by atoms with van der Waals surface area (Å²) in [5.41, 5.74) is 3.44. The fourth-order valence-electron chi connectivity index (χ4n) is 1.26. The minimum Gasteiger partial charge on any atom is -0.301 e. The molecule has 1 rings (SSSR count). The largest absolute Gasteiger partial charge is 0.301 e. The predicted molar refractivity (Wildman–Crippen MR) is 66.4 cm³/mol. The van der Waals surface area contributed by atoms with Crippen molar-refractivity contribution in [1.29, 1.82) is 0 Å². The lowest BCUT2D eigenvalue weighted by Gasteiger charge is -2.16. The Bertz CT molecular complexity index is 344. The van der Waals surface area contributed by atoms with Gasteiger partial charge in [-0.05, 0) is 25.0 Å². The van der Waals surface area contributed by atoms with E-state index in [1.807, 2.05) is 13.0 Å². The molecular weight excluding hydrogens is 273 g/mol. The molecule has 90 valence electrons. The summed E-state index contributed by atoms with van der Waals surface area (Å²) in [5, 5.41) is 0. The van der Waals surface area contributed by atoms with E-state index >= 15 is 0 Å².